The highest BCUT2D eigenvalue weighted by molar-refractivity contribution is 6.02. The van der Waals surface area contributed by atoms with Gasteiger partial charge in [0, 0.05) is 24.2 Å². The lowest BCUT2D eigenvalue weighted by atomic mass is 10.1. The van der Waals surface area contributed by atoms with Crippen LogP contribution < -0.4 is 5.32 Å². The highest BCUT2D eigenvalue weighted by Gasteiger charge is 2.23. The van der Waals surface area contributed by atoms with Crippen LogP contribution in [0.1, 0.15) is 53.5 Å². The number of aromatic amines is 1. The summed E-state index contributed by atoms with van der Waals surface area (Å²) in [6.45, 7) is 0.364. The normalized spacial score (nSPS) is 13.9. The second-order valence-electron chi connectivity index (χ2n) is 9.05. The first-order chi connectivity index (χ1) is 17.6. The molecule has 0 spiro atoms. The van der Waals surface area contributed by atoms with Crippen LogP contribution in [-0.2, 0) is 6.54 Å². The standard InChI is InChI=1S/C27H24FN7O/c28-21-9-11-22(12-10-21)35-15-20(14-32-35)18-7-5-17(6-8-18)13-29-27(36)24-23-26(31-16-30-24)34-25(33-23)19-3-1-2-4-19/h5-12,14-16,19H,1-4,13H2,(H,29,36)(H,30,31,33,34). The molecule has 0 unspecified atom stereocenters. The number of hydrogen-bond acceptors (Lipinski definition) is 5. The van der Waals surface area contributed by atoms with E-state index in [0.29, 0.717) is 29.3 Å². The molecule has 0 atom stereocenters. The van der Waals surface area contributed by atoms with Gasteiger partial charge in [-0.15, -0.1) is 0 Å². The first-order valence-corrected chi connectivity index (χ1v) is 12.0. The van der Waals surface area contributed by atoms with E-state index in [-0.39, 0.29) is 11.7 Å². The van der Waals surface area contributed by atoms with Gasteiger partial charge in [-0.1, -0.05) is 37.1 Å². The van der Waals surface area contributed by atoms with Gasteiger partial charge in [0.1, 0.15) is 23.5 Å². The van der Waals surface area contributed by atoms with Gasteiger partial charge in [0.25, 0.3) is 5.91 Å². The number of hydrogen-bond donors (Lipinski definition) is 2. The van der Waals surface area contributed by atoms with Gasteiger partial charge in [-0.25, -0.2) is 24.0 Å². The molecule has 1 aliphatic carbocycles. The zero-order chi connectivity index (χ0) is 24.5. The molecule has 5 aromatic rings. The van der Waals surface area contributed by atoms with Crippen LogP contribution in [-0.4, -0.2) is 35.6 Å². The van der Waals surface area contributed by atoms with E-state index >= 15 is 0 Å². The van der Waals surface area contributed by atoms with Crippen molar-refractivity contribution in [2.75, 3.05) is 0 Å². The molecule has 1 saturated carbocycles. The number of nitrogens with zero attached hydrogens (tertiary/aromatic N) is 5. The molecule has 8 nitrogen and oxygen atoms in total. The largest absolute Gasteiger partial charge is 0.347 e. The van der Waals surface area contributed by atoms with Crippen LogP contribution in [0.25, 0.3) is 28.0 Å². The molecule has 3 aromatic heterocycles. The molecule has 0 radical (unpaired) electrons. The van der Waals surface area contributed by atoms with E-state index < -0.39 is 0 Å². The number of imidazole rings is 1. The predicted octanol–water partition coefficient (Wildman–Crippen LogP) is 4.93. The van der Waals surface area contributed by atoms with Crippen molar-refractivity contribution in [2.24, 2.45) is 0 Å². The van der Waals surface area contributed by atoms with E-state index in [0.717, 1.165) is 41.0 Å². The van der Waals surface area contributed by atoms with Crippen LogP contribution in [0.2, 0.25) is 0 Å². The SMILES string of the molecule is O=C(NCc1ccc(-c2cnn(-c3ccc(F)cc3)c2)cc1)c1ncnc2nc(C3CCCC3)[nH]c12. The monoisotopic (exact) mass is 481 g/mol. The van der Waals surface area contributed by atoms with Crippen molar-refractivity contribution < 1.29 is 9.18 Å². The highest BCUT2D eigenvalue weighted by atomic mass is 19.1. The maximum Gasteiger partial charge on any atom is 0.272 e. The summed E-state index contributed by atoms with van der Waals surface area (Å²) in [6.07, 6.45) is 9.68. The van der Waals surface area contributed by atoms with Gasteiger partial charge in [0.05, 0.1) is 11.9 Å². The van der Waals surface area contributed by atoms with Gasteiger partial charge in [-0.3, -0.25) is 4.79 Å². The number of nitrogens with one attached hydrogen (secondary N) is 2. The minimum absolute atomic E-state index is 0.270. The maximum absolute atomic E-state index is 13.2. The third-order valence-electron chi connectivity index (χ3n) is 6.68. The summed E-state index contributed by atoms with van der Waals surface area (Å²) < 4.78 is 14.9. The lowest BCUT2D eigenvalue weighted by Gasteiger charge is -2.06. The van der Waals surface area contributed by atoms with Crippen molar-refractivity contribution in [2.45, 2.75) is 38.1 Å². The van der Waals surface area contributed by atoms with E-state index in [2.05, 4.69) is 30.4 Å². The summed E-state index contributed by atoms with van der Waals surface area (Å²) in [5.74, 6) is 0.747. The van der Waals surface area contributed by atoms with Crippen LogP contribution in [0.5, 0.6) is 0 Å². The molecule has 0 aliphatic heterocycles. The lowest BCUT2D eigenvalue weighted by Crippen LogP contribution is -2.24. The van der Waals surface area contributed by atoms with Gasteiger partial charge in [-0.05, 0) is 48.2 Å². The van der Waals surface area contributed by atoms with Crippen LogP contribution in [0.3, 0.4) is 0 Å². The Bertz CT molecular complexity index is 1520. The second kappa shape index (κ2) is 9.33. The Morgan fingerprint density at radius 2 is 1.81 bits per heavy atom. The molecule has 6 rings (SSSR count). The van der Waals surface area contributed by atoms with E-state index in [9.17, 15) is 9.18 Å². The van der Waals surface area contributed by atoms with Crippen molar-refractivity contribution in [3.8, 4) is 16.8 Å². The topological polar surface area (TPSA) is 101 Å². The minimum Gasteiger partial charge on any atom is -0.347 e. The first-order valence-electron chi connectivity index (χ1n) is 12.0. The fourth-order valence-corrected chi connectivity index (χ4v) is 4.70. The molecule has 9 heteroatoms. The highest BCUT2D eigenvalue weighted by Crippen LogP contribution is 2.33. The molecule has 2 aromatic carbocycles. The van der Waals surface area contributed by atoms with Gasteiger partial charge < -0.3 is 10.3 Å². The van der Waals surface area contributed by atoms with Gasteiger partial charge in [-0.2, -0.15) is 5.10 Å². The van der Waals surface area contributed by atoms with E-state index in [1.807, 2.05) is 30.5 Å². The van der Waals surface area contributed by atoms with Crippen LogP contribution >= 0.6 is 0 Å². The average molecular weight is 482 g/mol. The zero-order valence-electron chi connectivity index (χ0n) is 19.5. The van der Waals surface area contributed by atoms with E-state index in [4.69, 9.17) is 0 Å². The smallest absolute Gasteiger partial charge is 0.272 e. The fourth-order valence-electron chi connectivity index (χ4n) is 4.70. The van der Waals surface area contributed by atoms with Gasteiger partial charge in [0.2, 0.25) is 0 Å². The number of carbonyl (C=O) groups excluding carboxylic acids is 1. The number of amides is 1. The summed E-state index contributed by atoms with van der Waals surface area (Å²) in [5.41, 5.74) is 5.10. The van der Waals surface area contributed by atoms with Crippen molar-refractivity contribution >= 4 is 17.1 Å². The van der Waals surface area contributed by atoms with Crippen LogP contribution in [0, 0.1) is 5.82 Å². The summed E-state index contributed by atoms with van der Waals surface area (Å²) in [6, 6.07) is 14.1. The number of halogens is 1. The van der Waals surface area contributed by atoms with Crippen molar-refractivity contribution in [3.63, 3.8) is 0 Å². The Balaban J connectivity index is 1.13. The van der Waals surface area contributed by atoms with Crippen LogP contribution in [0.4, 0.5) is 4.39 Å². The Labute approximate surface area is 206 Å². The Morgan fingerprint density at radius 3 is 2.58 bits per heavy atom. The number of benzene rings is 2. The Morgan fingerprint density at radius 1 is 1.03 bits per heavy atom. The van der Waals surface area contributed by atoms with Crippen molar-refractivity contribution in [3.05, 3.63) is 90.2 Å². The number of fused-ring (bicyclic) bond motifs is 1. The molecule has 0 bridgehead atoms. The summed E-state index contributed by atoms with van der Waals surface area (Å²) in [7, 11) is 0. The number of rotatable bonds is 6. The summed E-state index contributed by atoms with van der Waals surface area (Å²) >= 11 is 0. The number of aromatic nitrogens is 6. The third kappa shape index (κ3) is 4.35. The molecule has 3 heterocycles. The third-order valence-corrected chi connectivity index (χ3v) is 6.68. The molecule has 1 amide bonds. The molecular formula is C27H24FN7O. The first kappa shape index (κ1) is 22.1. The molecular weight excluding hydrogens is 457 g/mol. The number of H-pyrrole nitrogens is 1. The Hall–Kier alpha value is -4.40. The zero-order valence-corrected chi connectivity index (χ0v) is 19.5. The summed E-state index contributed by atoms with van der Waals surface area (Å²) in [4.78, 5) is 29.3. The molecule has 0 saturated heterocycles. The molecule has 1 fully saturated rings. The van der Waals surface area contributed by atoms with E-state index in [1.54, 1.807) is 23.0 Å². The quantitative estimate of drug-likeness (QED) is 0.358. The molecule has 180 valence electrons. The second-order valence-corrected chi connectivity index (χ2v) is 9.05. The van der Waals surface area contributed by atoms with Crippen molar-refractivity contribution in [1.82, 2.24) is 35.0 Å². The molecule has 1 aliphatic rings. The summed E-state index contributed by atoms with van der Waals surface area (Å²) in [5, 5.41) is 7.33. The van der Waals surface area contributed by atoms with Crippen molar-refractivity contribution in [1.29, 1.82) is 0 Å². The molecule has 36 heavy (non-hydrogen) atoms. The van der Waals surface area contributed by atoms with Gasteiger partial charge in [0.15, 0.2) is 11.3 Å². The average Bonchev–Trinajstić information content (AvgIpc) is 3.68. The predicted molar refractivity (Wildman–Crippen MR) is 133 cm³/mol. The molecule has 2 N–H and O–H groups in total. The minimum atomic E-state index is -0.281. The Kier molecular flexibility index (Phi) is 5.73. The number of carbonyl (C=O) groups is 1. The lowest BCUT2D eigenvalue weighted by molar-refractivity contribution is 0.0947. The fraction of sp³-hybridized carbons (Fsp3) is 0.222. The van der Waals surface area contributed by atoms with Crippen LogP contribution in [0.15, 0.2) is 67.3 Å². The maximum atomic E-state index is 13.2. The van der Waals surface area contributed by atoms with E-state index in [1.165, 1.54) is 31.3 Å². The van der Waals surface area contributed by atoms with Gasteiger partial charge >= 0.3 is 0 Å².